The third-order valence-corrected chi connectivity index (χ3v) is 10.0. The molecule has 0 rings (SSSR count). The predicted octanol–water partition coefficient (Wildman–Crippen LogP) is 11.8. The molecule has 56 heavy (non-hydrogen) atoms. The van der Waals surface area contributed by atoms with Crippen LogP contribution in [-0.4, -0.2) is 70.0 Å². The van der Waals surface area contributed by atoms with Crippen LogP contribution in [-0.2, 0) is 32.7 Å². The molecule has 324 valence electrons. The summed E-state index contributed by atoms with van der Waals surface area (Å²) in [5, 5.41) is 0. The maximum Gasteiger partial charge on any atom is 0.306 e. The molecule has 0 aromatic carbocycles. The molecule has 0 saturated carbocycles. The Hall–Kier alpha value is -2.29. The van der Waals surface area contributed by atoms with Crippen LogP contribution in [0.1, 0.15) is 168 Å². The van der Waals surface area contributed by atoms with Crippen LogP contribution < -0.4 is 4.89 Å². The van der Waals surface area contributed by atoms with Crippen molar-refractivity contribution in [3.63, 3.8) is 0 Å². The van der Waals surface area contributed by atoms with Crippen LogP contribution in [0.5, 0.6) is 0 Å². The van der Waals surface area contributed by atoms with Gasteiger partial charge < -0.3 is 27.9 Å². The maximum atomic E-state index is 12.7. The molecule has 0 aromatic heterocycles. The Morgan fingerprint density at radius 3 is 1.57 bits per heavy atom. The molecule has 0 spiro atoms. The van der Waals surface area contributed by atoms with Crippen molar-refractivity contribution in [1.82, 2.24) is 0 Å². The second kappa shape index (κ2) is 38.2. The summed E-state index contributed by atoms with van der Waals surface area (Å²) >= 11 is 0. The zero-order valence-corrected chi connectivity index (χ0v) is 37.2. The summed E-state index contributed by atoms with van der Waals surface area (Å²) in [6.45, 7) is 4.12. The highest BCUT2D eigenvalue weighted by atomic mass is 31.2. The summed E-state index contributed by atoms with van der Waals surface area (Å²) in [6.07, 6.45) is 45.2. The van der Waals surface area contributed by atoms with E-state index in [1.165, 1.54) is 51.4 Å². The average Bonchev–Trinajstić information content (AvgIpc) is 3.15. The fourth-order valence-electron chi connectivity index (χ4n) is 5.53. The summed E-state index contributed by atoms with van der Waals surface area (Å²) in [6, 6.07) is 0. The van der Waals surface area contributed by atoms with Crippen LogP contribution >= 0.6 is 7.82 Å². The summed E-state index contributed by atoms with van der Waals surface area (Å²) in [7, 11) is 1.13. The number of phosphoric ester groups is 1. The molecule has 0 saturated heterocycles. The van der Waals surface area contributed by atoms with Crippen molar-refractivity contribution in [2.45, 2.75) is 174 Å². The largest absolute Gasteiger partial charge is 0.756 e. The van der Waals surface area contributed by atoms with Crippen molar-refractivity contribution in [2.24, 2.45) is 0 Å². The minimum Gasteiger partial charge on any atom is -0.756 e. The zero-order chi connectivity index (χ0) is 41.4. The first-order valence-corrected chi connectivity index (χ1v) is 23.5. The molecule has 9 nitrogen and oxygen atoms in total. The average molecular weight is 808 g/mol. The van der Waals surface area contributed by atoms with Gasteiger partial charge in [-0.15, -0.1) is 0 Å². The molecular formula is C46H82NO8P. The minimum atomic E-state index is -4.64. The van der Waals surface area contributed by atoms with Gasteiger partial charge in [-0.2, -0.15) is 0 Å². The number of hydrogen-bond donors (Lipinski definition) is 0. The number of rotatable bonds is 39. The number of carbonyl (C=O) groups is 2. The van der Waals surface area contributed by atoms with Gasteiger partial charge in [-0.05, 0) is 77.0 Å². The highest BCUT2D eigenvalue weighted by Gasteiger charge is 2.21. The van der Waals surface area contributed by atoms with E-state index in [-0.39, 0.29) is 26.1 Å². The number of allylic oxidation sites excluding steroid dienone is 10. The van der Waals surface area contributed by atoms with Crippen LogP contribution in [0.2, 0.25) is 0 Å². The number of likely N-dealkylation sites (N-methyl/N-ethyl adjacent to an activating group) is 1. The standard InChI is InChI=1S/C46H82NO8P/c1-6-8-10-12-14-16-18-20-22-23-25-27-29-31-33-35-37-39-46(49)55-44(43-54-56(50,51)53-41-40-47(3,4)5)42-52-45(48)38-36-34-32-30-28-26-24-21-19-17-15-13-11-9-7-2/h14,16-17,19-22,24-25,27,44H,6-13,15,18,23,26,28-43H2,1-5H3/b16-14+,19-17+,22-20+,24-21+,27-25+/t44-/m1/s1. The number of ether oxygens (including phenoxy) is 2. The quantitative estimate of drug-likeness (QED) is 0.0151. The van der Waals surface area contributed by atoms with Gasteiger partial charge in [0.2, 0.25) is 0 Å². The molecule has 0 radical (unpaired) electrons. The van der Waals surface area contributed by atoms with Crippen LogP contribution in [0.3, 0.4) is 0 Å². The third kappa shape index (κ3) is 41.3. The lowest BCUT2D eigenvalue weighted by Gasteiger charge is -2.28. The molecule has 0 aliphatic rings. The Labute approximate surface area is 343 Å². The van der Waals surface area contributed by atoms with Gasteiger partial charge in [0.25, 0.3) is 7.82 Å². The number of nitrogens with zero attached hydrogens (tertiary/aromatic N) is 1. The molecule has 0 fully saturated rings. The van der Waals surface area contributed by atoms with Gasteiger partial charge >= 0.3 is 11.9 Å². The topological polar surface area (TPSA) is 111 Å². The third-order valence-electron chi connectivity index (χ3n) is 9.04. The van der Waals surface area contributed by atoms with Crippen molar-refractivity contribution in [1.29, 1.82) is 0 Å². The lowest BCUT2D eigenvalue weighted by molar-refractivity contribution is -0.870. The predicted molar refractivity (Wildman–Crippen MR) is 231 cm³/mol. The monoisotopic (exact) mass is 808 g/mol. The maximum absolute atomic E-state index is 12.7. The first kappa shape index (κ1) is 53.7. The Bertz CT molecular complexity index is 1140. The molecule has 0 amide bonds. The summed E-state index contributed by atoms with van der Waals surface area (Å²) in [5.74, 6) is -0.882. The van der Waals surface area contributed by atoms with E-state index in [1.54, 1.807) is 0 Å². The van der Waals surface area contributed by atoms with Crippen LogP contribution in [0, 0.1) is 0 Å². The molecule has 0 aliphatic carbocycles. The minimum absolute atomic E-state index is 0.0407. The number of hydrogen-bond acceptors (Lipinski definition) is 8. The highest BCUT2D eigenvalue weighted by Crippen LogP contribution is 2.38. The Morgan fingerprint density at radius 2 is 1.02 bits per heavy atom. The Kier molecular flexibility index (Phi) is 36.7. The van der Waals surface area contributed by atoms with Crippen molar-refractivity contribution >= 4 is 19.8 Å². The molecule has 0 heterocycles. The number of esters is 2. The first-order chi connectivity index (χ1) is 27.0. The van der Waals surface area contributed by atoms with Gasteiger partial charge in [-0.3, -0.25) is 14.2 Å². The fourth-order valence-corrected chi connectivity index (χ4v) is 6.26. The second-order valence-corrected chi connectivity index (χ2v) is 17.1. The Morgan fingerprint density at radius 1 is 0.571 bits per heavy atom. The van der Waals surface area contributed by atoms with Gasteiger partial charge in [0.15, 0.2) is 6.10 Å². The second-order valence-electron chi connectivity index (χ2n) is 15.7. The van der Waals surface area contributed by atoms with Crippen molar-refractivity contribution in [3.05, 3.63) is 60.8 Å². The van der Waals surface area contributed by atoms with Crippen LogP contribution in [0.4, 0.5) is 0 Å². The summed E-state index contributed by atoms with van der Waals surface area (Å²) in [5.41, 5.74) is 0. The number of quaternary nitrogens is 1. The van der Waals surface area contributed by atoms with E-state index < -0.39 is 32.5 Å². The van der Waals surface area contributed by atoms with Gasteiger partial charge in [0.1, 0.15) is 19.8 Å². The van der Waals surface area contributed by atoms with Crippen LogP contribution in [0.25, 0.3) is 0 Å². The lowest BCUT2D eigenvalue weighted by atomic mass is 10.1. The lowest BCUT2D eigenvalue weighted by Crippen LogP contribution is -2.37. The SMILES string of the molecule is CCCCC/C=C/C/C=C/C/C=C/CCCCCCC(=O)O[C@H](COC(=O)CCCCCCC/C=C/C=C/CCCCCC)COP(=O)([O-])OCC[N+](C)(C)C. The smallest absolute Gasteiger partial charge is 0.306 e. The van der Waals surface area contributed by atoms with Crippen molar-refractivity contribution in [3.8, 4) is 0 Å². The van der Waals surface area contributed by atoms with E-state index in [1.807, 2.05) is 21.1 Å². The highest BCUT2D eigenvalue weighted by molar-refractivity contribution is 7.45. The molecule has 0 N–H and O–H groups in total. The molecule has 2 atom stereocenters. The number of unbranched alkanes of at least 4 members (excludes halogenated alkanes) is 16. The van der Waals surface area contributed by atoms with Crippen molar-refractivity contribution < 1.29 is 42.1 Å². The van der Waals surface area contributed by atoms with Crippen LogP contribution in [0.15, 0.2) is 60.8 Å². The number of carbonyl (C=O) groups excluding carboxylic acids is 2. The summed E-state index contributed by atoms with van der Waals surface area (Å²) in [4.78, 5) is 37.5. The normalized spacial score (nSPS) is 14.2. The number of phosphoric acid groups is 1. The zero-order valence-electron chi connectivity index (χ0n) is 36.3. The van der Waals surface area contributed by atoms with Gasteiger partial charge in [0.05, 0.1) is 27.7 Å². The van der Waals surface area contributed by atoms with E-state index in [2.05, 4.69) is 74.6 Å². The Balaban J connectivity index is 4.45. The molecular weight excluding hydrogens is 725 g/mol. The molecule has 1 unspecified atom stereocenters. The van der Waals surface area contributed by atoms with E-state index in [9.17, 15) is 19.0 Å². The molecule has 0 aromatic rings. The van der Waals surface area contributed by atoms with Gasteiger partial charge in [-0.25, -0.2) is 0 Å². The fraction of sp³-hybridized carbons (Fsp3) is 0.739. The van der Waals surface area contributed by atoms with E-state index in [4.69, 9.17) is 18.5 Å². The van der Waals surface area contributed by atoms with E-state index in [0.717, 1.165) is 77.0 Å². The molecule has 0 aliphatic heterocycles. The van der Waals surface area contributed by atoms with Gasteiger partial charge in [0, 0.05) is 12.8 Å². The molecule has 0 bridgehead atoms. The first-order valence-electron chi connectivity index (χ1n) is 22.0. The van der Waals surface area contributed by atoms with Gasteiger partial charge in [-0.1, -0.05) is 139 Å². The van der Waals surface area contributed by atoms with Crippen molar-refractivity contribution in [2.75, 3.05) is 47.5 Å². The van der Waals surface area contributed by atoms with E-state index in [0.29, 0.717) is 23.9 Å². The van der Waals surface area contributed by atoms with E-state index >= 15 is 0 Å². The summed E-state index contributed by atoms with van der Waals surface area (Å²) < 4.78 is 33.8. The molecule has 10 heteroatoms.